The molecule has 0 rings (SSSR count). The molecule has 0 aromatic rings. The third kappa shape index (κ3) is 3.02. The van der Waals surface area contributed by atoms with Crippen molar-refractivity contribution < 1.29 is 4.79 Å². The third-order valence-corrected chi connectivity index (χ3v) is 4.08. The summed E-state index contributed by atoms with van der Waals surface area (Å²) in [5.74, 6) is 0. The minimum atomic E-state index is -1.36. The Bertz CT molecular complexity index is 174. The van der Waals surface area contributed by atoms with E-state index >= 15 is 0 Å². The fraction of sp³-hybridized carbons (Fsp3) is 0.667. The van der Waals surface area contributed by atoms with Crippen molar-refractivity contribution >= 4 is 14.4 Å². The van der Waals surface area contributed by atoms with Gasteiger partial charge in [-0.05, 0) is 18.5 Å². The molecule has 0 aromatic heterocycles. The molecule has 0 unspecified atom stereocenters. The van der Waals surface area contributed by atoms with Crippen LogP contribution in [0, 0.1) is 0 Å². The van der Waals surface area contributed by atoms with Gasteiger partial charge in [0, 0.05) is 0 Å². The summed E-state index contributed by atoms with van der Waals surface area (Å²) in [4.78, 5) is 10.7. The maximum Gasteiger partial charge on any atom is 0.142 e. The van der Waals surface area contributed by atoms with E-state index in [4.69, 9.17) is 0 Å². The zero-order chi connectivity index (χ0) is 9.07. The second-order valence-electron chi connectivity index (χ2n) is 3.92. The van der Waals surface area contributed by atoms with Crippen LogP contribution in [0.2, 0.25) is 19.6 Å². The molecule has 0 saturated heterocycles. The van der Waals surface area contributed by atoms with Crippen molar-refractivity contribution in [3.8, 4) is 0 Å². The Balaban J connectivity index is 4.80. The van der Waals surface area contributed by atoms with Crippen molar-refractivity contribution in [2.24, 2.45) is 0 Å². The normalized spacial score (nSPS) is 14.3. The van der Waals surface area contributed by atoms with Crippen molar-refractivity contribution in [3.63, 3.8) is 0 Å². The fourth-order valence-corrected chi connectivity index (χ4v) is 2.92. The number of hydrogen-bond acceptors (Lipinski definition) is 1. The van der Waals surface area contributed by atoms with Crippen molar-refractivity contribution in [2.45, 2.75) is 39.9 Å². The van der Waals surface area contributed by atoms with Gasteiger partial charge in [-0.1, -0.05) is 32.1 Å². The highest BCUT2D eigenvalue weighted by Gasteiger charge is 2.20. The minimum absolute atomic E-state index is 0.998. The number of carbonyl (C=O) groups is 1. The van der Waals surface area contributed by atoms with Crippen LogP contribution >= 0.6 is 0 Å². The maximum atomic E-state index is 10.7. The van der Waals surface area contributed by atoms with Crippen molar-refractivity contribution in [2.75, 3.05) is 0 Å². The van der Waals surface area contributed by atoms with Crippen molar-refractivity contribution in [1.29, 1.82) is 0 Å². The van der Waals surface area contributed by atoms with Crippen LogP contribution in [0.3, 0.4) is 0 Å². The Labute approximate surface area is 70.5 Å². The van der Waals surface area contributed by atoms with Crippen LogP contribution < -0.4 is 0 Å². The highest BCUT2D eigenvalue weighted by atomic mass is 28.3. The Kier molecular flexibility index (Phi) is 3.73. The standard InChI is InChI=1S/C9H18OSi/c1-6-8(2)9(7-10)11(3,4)5/h7H,6H2,1-5H3/b9-8+. The first-order chi connectivity index (χ1) is 4.93. The van der Waals surface area contributed by atoms with E-state index in [1.165, 1.54) is 5.57 Å². The molecule has 2 heteroatoms. The lowest BCUT2D eigenvalue weighted by molar-refractivity contribution is -0.104. The van der Waals surface area contributed by atoms with E-state index in [0.717, 1.165) is 17.9 Å². The van der Waals surface area contributed by atoms with Gasteiger partial charge >= 0.3 is 0 Å². The highest BCUT2D eigenvalue weighted by Crippen LogP contribution is 2.17. The summed E-state index contributed by atoms with van der Waals surface area (Å²) in [6.45, 7) is 10.8. The molecule has 1 nitrogen and oxygen atoms in total. The Morgan fingerprint density at radius 1 is 1.36 bits per heavy atom. The van der Waals surface area contributed by atoms with Gasteiger partial charge in [-0.25, -0.2) is 0 Å². The zero-order valence-electron chi connectivity index (χ0n) is 8.19. The minimum Gasteiger partial charge on any atom is -0.299 e. The first-order valence-electron chi connectivity index (χ1n) is 4.09. The summed E-state index contributed by atoms with van der Waals surface area (Å²) in [6.07, 6.45) is 2.05. The number of hydrogen-bond donors (Lipinski definition) is 0. The molecule has 0 aliphatic heterocycles. The molecule has 0 amide bonds. The summed E-state index contributed by atoms with van der Waals surface area (Å²) < 4.78 is 0. The van der Waals surface area contributed by atoms with Crippen LogP contribution in [0.5, 0.6) is 0 Å². The average molecular weight is 170 g/mol. The molecule has 0 aromatic carbocycles. The highest BCUT2D eigenvalue weighted by molar-refractivity contribution is 6.86. The molecule has 0 heterocycles. The second-order valence-corrected chi connectivity index (χ2v) is 8.95. The van der Waals surface area contributed by atoms with Crippen molar-refractivity contribution in [3.05, 3.63) is 10.8 Å². The van der Waals surface area contributed by atoms with Crippen LogP contribution in [0.1, 0.15) is 20.3 Å². The lowest BCUT2D eigenvalue weighted by Gasteiger charge is -2.18. The largest absolute Gasteiger partial charge is 0.299 e. The van der Waals surface area contributed by atoms with E-state index < -0.39 is 8.07 Å². The Morgan fingerprint density at radius 3 is 1.91 bits per heavy atom. The summed E-state index contributed by atoms with van der Waals surface area (Å²) in [7, 11) is -1.36. The van der Waals surface area contributed by atoms with E-state index in [1.54, 1.807) is 0 Å². The SMILES string of the molecule is CC/C(C)=C(\C=O)[Si](C)(C)C. The van der Waals surface area contributed by atoms with Gasteiger partial charge in [0.25, 0.3) is 0 Å². The van der Waals surface area contributed by atoms with E-state index in [-0.39, 0.29) is 0 Å². The Morgan fingerprint density at radius 2 is 1.82 bits per heavy atom. The molecule has 0 aliphatic carbocycles. The van der Waals surface area contributed by atoms with E-state index in [2.05, 4.69) is 33.5 Å². The first-order valence-corrected chi connectivity index (χ1v) is 7.59. The molecule has 0 N–H and O–H groups in total. The number of carbonyl (C=O) groups excluding carboxylic acids is 1. The zero-order valence-corrected chi connectivity index (χ0v) is 9.19. The maximum absolute atomic E-state index is 10.7. The second kappa shape index (κ2) is 3.86. The van der Waals surface area contributed by atoms with E-state index in [1.807, 2.05) is 0 Å². The van der Waals surface area contributed by atoms with Gasteiger partial charge in [-0.15, -0.1) is 0 Å². The number of rotatable bonds is 3. The molecular weight excluding hydrogens is 152 g/mol. The van der Waals surface area contributed by atoms with Crippen LogP contribution in [0.25, 0.3) is 0 Å². The van der Waals surface area contributed by atoms with Crippen LogP contribution in [-0.2, 0) is 4.79 Å². The molecule has 0 fully saturated rings. The van der Waals surface area contributed by atoms with Gasteiger partial charge in [0.2, 0.25) is 0 Å². The van der Waals surface area contributed by atoms with E-state index in [9.17, 15) is 4.79 Å². The first kappa shape index (κ1) is 10.6. The lowest BCUT2D eigenvalue weighted by Crippen LogP contribution is -2.26. The molecule has 0 radical (unpaired) electrons. The van der Waals surface area contributed by atoms with Gasteiger partial charge in [0.05, 0.1) is 8.07 Å². The number of allylic oxidation sites excluding steroid dienone is 2. The third-order valence-electron chi connectivity index (χ3n) is 1.92. The van der Waals surface area contributed by atoms with Crippen LogP contribution in [0.4, 0.5) is 0 Å². The van der Waals surface area contributed by atoms with Crippen LogP contribution in [-0.4, -0.2) is 14.4 Å². The van der Waals surface area contributed by atoms with Gasteiger partial charge in [0.1, 0.15) is 6.29 Å². The summed E-state index contributed by atoms with van der Waals surface area (Å²) >= 11 is 0. The van der Waals surface area contributed by atoms with Gasteiger partial charge in [0.15, 0.2) is 0 Å². The average Bonchev–Trinajstić information content (AvgIpc) is 1.86. The monoisotopic (exact) mass is 170 g/mol. The van der Waals surface area contributed by atoms with Gasteiger partial charge < -0.3 is 0 Å². The molecule has 11 heavy (non-hydrogen) atoms. The fourth-order valence-electron chi connectivity index (χ4n) is 1.11. The summed E-state index contributed by atoms with van der Waals surface area (Å²) in [5.41, 5.74) is 1.26. The van der Waals surface area contributed by atoms with Gasteiger partial charge in [-0.3, -0.25) is 4.79 Å². The lowest BCUT2D eigenvalue weighted by atomic mass is 10.2. The van der Waals surface area contributed by atoms with Crippen LogP contribution in [0.15, 0.2) is 10.8 Å². The summed E-state index contributed by atoms with van der Waals surface area (Å²) in [6, 6.07) is 0. The molecule has 64 valence electrons. The van der Waals surface area contributed by atoms with E-state index in [0.29, 0.717) is 0 Å². The quantitative estimate of drug-likeness (QED) is 0.361. The summed E-state index contributed by atoms with van der Waals surface area (Å²) in [5, 5.41) is 1.08. The molecule has 0 saturated carbocycles. The molecule has 0 atom stereocenters. The predicted octanol–water partition coefficient (Wildman–Crippen LogP) is 2.79. The van der Waals surface area contributed by atoms with Gasteiger partial charge in [-0.2, -0.15) is 0 Å². The molecule has 0 aliphatic rings. The predicted molar refractivity (Wildman–Crippen MR) is 52.4 cm³/mol. The molecular formula is C9H18OSi. The molecule has 0 spiro atoms. The Hall–Kier alpha value is -0.373. The topological polar surface area (TPSA) is 17.1 Å². The van der Waals surface area contributed by atoms with Crippen molar-refractivity contribution in [1.82, 2.24) is 0 Å². The number of aldehydes is 1. The smallest absolute Gasteiger partial charge is 0.142 e. The molecule has 0 bridgehead atoms.